The summed E-state index contributed by atoms with van der Waals surface area (Å²) < 4.78 is 11.1. The Labute approximate surface area is 190 Å². The predicted molar refractivity (Wildman–Crippen MR) is 119 cm³/mol. The van der Waals surface area contributed by atoms with Crippen molar-refractivity contribution in [3.05, 3.63) is 87.4 Å². The van der Waals surface area contributed by atoms with E-state index in [9.17, 15) is 10.1 Å². The third-order valence-corrected chi connectivity index (χ3v) is 5.54. The molecule has 32 heavy (non-hydrogen) atoms. The van der Waals surface area contributed by atoms with E-state index in [-0.39, 0.29) is 16.9 Å². The Bertz CT molecular complexity index is 1260. The summed E-state index contributed by atoms with van der Waals surface area (Å²) in [4.78, 5) is 12.4. The van der Waals surface area contributed by atoms with Crippen molar-refractivity contribution in [1.29, 1.82) is 5.26 Å². The van der Waals surface area contributed by atoms with E-state index in [1.807, 2.05) is 20.8 Å². The minimum Gasteiger partial charge on any atom is -0.423 e. The smallest absolute Gasteiger partial charge is 0.345 e. The number of nitrogens with one attached hydrogen (secondary N) is 1. The Morgan fingerprint density at radius 3 is 2.53 bits per heavy atom. The van der Waals surface area contributed by atoms with Crippen LogP contribution in [-0.4, -0.2) is 16.2 Å². The lowest BCUT2D eigenvalue weighted by Gasteiger charge is -2.27. The largest absolute Gasteiger partial charge is 0.423 e. The first-order chi connectivity index (χ1) is 15.2. The van der Waals surface area contributed by atoms with Crippen LogP contribution in [0.1, 0.15) is 53.9 Å². The Morgan fingerprint density at radius 1 is 1.22 bits per heavy atom. The van der Waals surface area contributed by atoms with Crippen LogP contribution in [0.25, 0.3) is 0 Å². The number of nitriles is 1. The van der Waals surface area contributed by atoms with E-state index in [2.05, 4.69) is 16.3 Å². The topological polar surface area (TPSA) is 114 Å². The molecule has 0 unspecified atom stereocenters. The summed E-state index contributed by atoms with van der Waals surface area (Å²) in [6.45, 7) is 6.13. The third-order valence-electron chi connectivity index (χ3n) is 5.21. The van der Waals surface area contributed by atoms with Crippen LogP contribution in [0.5, 0.6) is 11.6 Å². The third kappa shape index (κ3) is 3.81. The number of esters is 1. The highest BCUT2D eigenvalue weighted by atomic mass is 35.5. The molecule has 0 aliphatic carbocycles. The zero-order valence-electron chi connectivity index (χ0n) is 17.8. The molecule has 1 aliphatic rings. The second kappa shape index (κ2) is 8.06. The van der Waals surface area contributed by atoms with Crippen LogP contribution in [0.3, 0.4) is 0 Å². The fourth-order valence-corrected chi connectivity index (χ4v) is 3.88. The number of halogens is 1. The summed E-state index contributed by atoms with van der Waals surface area (Å²) in [5.74, 6) is -0.296. The van der Waals surface area contributed by atoms with E-state index in [1.54, 1.807) is 48.5 Å². The molecule has 0 fully saturated rings. The van der Waals surface area contributed by atoms with Crippen LogP contribution < -0.4 is 15.2 Å². The van der Waals surface area contributed by atoms with Gasteiger partial charge in [0.2, 0.25) is 11.8 Å². The number of nitrogens with two attached hydrogens (primary N) is 1. The fraction of sp³-hybridized carbons (Fsp3) is 0.208. The van der Waals surface area contributed by atoms with Gasteiger partial charge < -0.3 is 15.2 Å². The number of aromatic nitrogens is 2. The number of fused-ring (bicyclic) bond motifs is 1. The number of carbonyl (C=O) groups is 1. The van der Waals surface area contributed by atoms with Crippen molar-refractivity contribution in [2.75, 3.05) is 0 Å². The second-order valence-electron chi connectivity index (χ2n) is 8.43. The van der Waals surface area contributed by atoms with E-state index in [0.29, 0.717) is 22.2 Å². The number of aromatic amines is 1. The Morgan fingerprint density at radius 2 is 1.91 bits per heavy atom. The van der Waals surface area contributed by atoms with Crippen molar-refractivity contribution in [2.24, 2.45) is 5.73 Å². The first-order valence-corrected chi connectivity index (χ1v) is 10.3. The van der Waals surface area contributed by atoms with Crippen molar-refractivity contribution in [3.8, 4) is 17.7 Å². The minimum absolute atomic E-state index is 0.0196. The molecule has 4 rings (SSSR count). The molecule has 0 saturated heterocycles. The SMILES string of the molecule is CC(C)(C)c1[nH]nc2c1[C@H](c1ccc(OC(=O)c3ccccc3Cl)cc1)C(C#N)=C(N)O2. The van der Waals surface area contributed by atoms with Crippen LogP contribution in [0, 0.1) is 11.3 Å². The number of ether oxygens (including phenoxy) is 2. The maximum atomic E-state index is 12.4. The summed E-state index contributed by atoms with van der Waals surface area (Å²) in [5, 5.41) is 17.4. The van der Waals surface area contributed by atoms with Crippen LogP contribution in [0.2, 0.25) is 5.02 Å². The number of H-pyrrole nitrogens is 1. The van der Waals surface area contributed by atoms with Gasteiger partial charge in [-0.05, 0) is 29.8 Å². The molecule has 0 saturated carbocycles. The molecule has 1 aromatic heterocycles. The summed E-state index contributed by atoms with van der Waals surface area (Å²) >= 11 is 6.08. The molecule has 0 bridgehead atoms. The van der Waals surface area contributed by atoms with Crippen LogP contribution in [0.15, 0.2) is 60.0 Å². The van der Waals surface area contributed by atoms with Crippen molar-refractivity contribution < 1.29 is 14.3 Å². The summed E-state index contributed by atoms with van der Waals surface area (Å²) in [5.41, 5.74) is 8.75. The van der Waals surface area contributed by atoms with Gasteiger partial charge in [-0.2, -0.15) is 5.26 Å². The molecule has 0 amide bonds. The first kappa shape index (κ1) is 21.5. The molecule has 162 valence electrons. The molecule has 1 atom stereocenters. The maximum Gasteiger partial charge on any atom is 0.345 e. The molecule has 2 aromatic carbocycles. The van der Waals surface area contributed by atoms with Gasteiger partial charge in [-0.3, -0.25) is 5.10 Å². The monoisotopic (exact) mass is 448 g/mol. The zero-order chi connectivity index (χ0) is 23.0. The lowest BCUT2D eigenvalue weighted by molar-refractivity contribution is 0.0735. The molecular weight excluding hydrogens is 428 g/mol. The number of allylic oxidation sites excluding steroid dienone is 1. The van der Waals surface area contributed by atoms with Gasteiger partial charge in [-0.25, -0.2) is 4.79 Å². The van der Waals surface area contributed by atoms with Gasteiger partial charge in [0.1, 0.15) is 17.4 Å². The number of hydrogen-bond donors (Lipinski definition) is 2. The zero-order valence-corrected chi connectivity index (χ0v) is 18.5. The Hall–Kier alpha value is -3.76. The second-order valence-corrected chi connectivity index (χ2v) is 8.84. The average molecular weight is 449 g/mol. The number of rotatable bonds is 3. The number of nitrogens with zero attached hydrogens (tertiary/aromatic N) is 2. The highest BCUT2D eigenvalue weighted by molar-refractivity contribution is 6.33. The van der Waals surface area contributed by atoms with Gasteiger partial charge in [0.05, 0.1) is 22.1 Å². The maximum absolute atomic E-state index is 12.4. The molecule has 0 spiro atoms. The number of hydrogen-bond acceptors (Lipinski definition) is 6. The van der Waals surface area contributed by atoms with Crippen LogP contribution in [-0.2, 0) is 5.41 Å². The van der Waals surface area contributed by atoms with Gasteiger partial charge >= 0.3 is 5.97 Å². The van der Waals surface area contributed by atoms with E-state index < -0.39 is 11.9 Å². The molecule has 3 N–H and O–H groups in total. The molecule has 2 heterocycles. The molecule has 0 radical (unpaired) electrons. The number of carbonyl (C=O) groups excluding carboxylic acids is 1. The van der Waals surface area contributed by atoms with Crippen molar-refractivity contribution in [1.82, 2.24) is 10.2 Å². The van der Waals surface area contributed by atoms with Gasteiger partial charge in [0, 0.05) is 11.1 Å². The van der Waals surface area contributed by atoms with E-state index in [0.717, 1.165) is 16.8 Å². The lowest BCUT2D eigenvalue weighted by Crippen LogP contribution is -2.23. The van der Waals surface area contributed by atoms with Crippen LogP contribution >= 0.6 is 11.6 Å². The van der Waals surface area contributed by atoms with Gasteiger partial charge in [-0.15, -0.1) is 5.10 Å². The predicted octanol–water partition coefficient (Wildman–Crippen LogP) is 4.80. The van der Waals surface area contributed by atoms with Crippen molar-refractivity contribution in [2.45, 2.75) is 32.1 Å². The van der Waals surface area contributed by atoms with Crippen molar-refractivity contribution >= 4 is 17.6 Å². The van der Waals surface area contributed by atoms with Gasteiger partial charge in [0.15, 0.2) is 0 Å². The van der Waals surface area contributed by atoms with E-state index in [1.165, 1.54) is 0 Å². The average Bonchev–Trinajstić information content (AvgIpc) is 3.17. The highest BCUT2D eigenvalue weighted by Gasteiger charge is 2.38. The number of benzene rings is 2. The van der Waals surface area contributed by atoms with E-state index in [4.69, 9.17) is 26.8 Å². The Balaban J connectivity index is 1.70. The van der Waals surface area contributed by atoms with Gasteiger partial charge in [-0.1, -0.05) is 56.6 Å². The standard InChI is InChI=1S/C24H21ClN4O3/c1-24(2,3)20-19-18(16(12-26)21(27)32-22(19)29-28-20)13-8-10-14(11-9-13)31-23(30)15-6-4-5-7-17(15)25/h4-11,18H,27H2,1-3H3,(H,28,29)/t18-/m1/s1. The molecule has 3 aromatic rings. The molecule has 7 nitrogen and oxygen atoms in total. The normalized spacial score (nSPS) is 15.5. The summed E-state index contributed by atoms with van der Waals surface area (Å²) in [6.07, 6.45) is 0. The fourth-order valence-electron chi connectivity index (χ4n) is 3.67. The lowest BCUT2D eigenvalue weighted by atomic mass is 9.79. The van der Waals surface area contributed by atoms with Gasteiger partial charge in [0.25, 0.3) is 0 Å². The molecule has 1 aliphatic heterocycles. The molecular formula is C24H21ClN4O3. The quantitative estimate of drug-likeness (QED) is 0.439. The first-order valence-electron chi connectivity index (χ1n) is 9.93. The summed E-state index contributed by atoms with van der Waals surface area (Å²) in [6, 6.07) is 15.8. The van der Waals surface area contributed by atoms with Crippen molar-refractivity contribution in [3.63, 3.8) is 0 Å². The minimum atomic E-state index is -0.552. The van der Waals surface area contributed by atoms with E-state index >= 15 is 0 Å². The summed E-state index contributed by atoms with van der Waals surface area (Å²) in [7, 11) is 0. The molecule has 8 heteroatoms. The Kier molecular flexibility index (Phi) is 5.41. The highest BCUT2D eigenvalue weighted by Crippen LogP contribution is 2.45. The van der Waals surface area contributed by atoms with Crippen LogP contribution in [0.4, 0.5) is 0 Å².